The Labute approximate surface area is 152 Å². The van der Waals surface area contributed by atoms with E-state index in [1.165, 1.54) is 11.3 Å². The van der Waals surface area contributed by atoms with Gasteiger partial charge in [0.05, 0.1) is 0 Å². The van der Waals surface area contributed by atoms with Gasteiger partial charge in [-0.15, -0.1) is 11.3 Å². The molecule has 0 aliphatic carbocycles. The van der Waals surface area contributed by atoms with Crippen molar-refractivity contribution >= 4 is 45.4 Å². The summed E-state index contributed by atoms with van der Waals surface area (Å²) in [6.07, 6.45) is 0. The number of carbonyl (C=O) groups excluding carboxylic acids is 1. The van der Waals surface area contributed by atoms with Gasteiger partial charge >= 0.3 is 0 Å². The number of ether oxygens (including phenoxy) is 2. The minimum Gasteiger partial charge on any atom is -0.454 e. The zero-order valence-corrected chi connectivity index (χ0v) is 14.4. The standard InChI is InChI=1S/C17H12ClN3O3S/c18-10-1-3-11(4-2-10)19-16(22)13-8-25-17(21-13)20-12-5-6-14-15(7-12)24-9-23-14/h1-8H,9H2,(H,19,22)(H,20,21). The summed E-state index contributed by atoms with van der Waals surface area (Å²) in [7, 11) is 0. The van der Waals surface area contributed by atoms with Gasteiger partial charge in [0.25, 0.3) is 5.91 Å². The second-order valence-electron chi connectivity index (χ2n) is 5.19. The van der Waals surface area contributed by atoms with Crippen LogP contribution in [0, 0.1) is 0 Å². The lowest BCUT2D eigenvalue weighted by molar-refractivity contribution is 0.102. The SMILES string of the molecule is O=C(Nc1ccc(Cl)cc1)c1csc(Nc2ccc3c(c2)OCO3)n1. The van der Waals surface area contributed by atoms with E-state index < -0.39 is 0 Å². The average molecular weight is 374 g/mol. The highest BCUT2D eigenvalue weighted by atomic mass is 35.5. The van der Waals surface area contributed by atoms with Crippen LogP contribution in [0.25, 0.3) is 0 Å². The molecule has 2 heterocycles. The topological polar surface area (TPSA) is 72.5 Å². The van der Waals surface area contributed by atoms with Crippen molar-refractivity contribution in [3.63, 3.8) is 0 Å². The third-order valence-electron chi connectivity index (χ3n) is 3.46. The van der Waals surface area contributed by atoms with Crippen molar-refractivity contribution in [2.45, 2.75) is 0 Å². The number of nitrogens with zero attached hydrogens (tertiary/aromatic N) is 1. The van der Waals surface area contributed by atoms with Crippen LogP contribution < -0.4 is 20.1 Å². The lowest BCUT2D eigenvalue weighted by Crippen LogP contribution is -2.12. The van der Waals surface area contributed by atoms with Gasteiger partial charge in [-0.05, 0) is 36.4 Å². The van der Waals surface area contributed by atoms with Crippen molar-refractivity contribution in [3.05, 3.63) is 58.6 Å². The fraction of sp³-hybridized carbons (Fsp3) is 0.0588. The number of hydrogen-bond acceptors (Lipinski definition) is 6. The van der Waals surface area contributed by atoms with Crippen LogP contribution in [-0.4, -0.2) is 17.7 Å². The monoisotopic (exact) mass is 373 g/mol. The Bertz CT molecular complexity index is 927. The molecule has 4 rings (SSSR count). The maximum Gasteiger partial charge on any atom is 0.275 e. The number of anilines is 3. The molecule has 126 valence electrons. The number of carbonyl (C=O) groups is 1. The number of thiazole rings is 1. The van der Waals surface area contributed by atoms with Crippen molar-refractivity contribution in [1.29, 1.82) is 0 Å². The molecule has 0 radical (unpaired) electrons. The summed E-state index contributed by atoms with van der Waals surface area (Å²) in [4.78, 5) is 16.6. The van der Waals surface area contributed by atoms with E-state index in [0.29, 0.717) is 33.0 Å². The summed E-state index contributed by atoms with van der Waals surface area (Å²) in [5.41, 5.74) is 1.80. The molecule has 25 heavy (non-hydrogen) atoms. The van der Waals surface area contributed by atoms with E-state index in [-0.39, 0.29) is 12.7 Å². The average Bonchev–Trinajstić information content (AvgIpc) is 3.26. The number of amides is 1. The Hall–Kier alpha value is -2.77. The van der Waals surface area contributed by atoms with Gasteiger partial charge in [0.15, 0.2) is 16.6 Å². The zero-order chi connectivity index (χ0) is 17.2. The van der Waals surface area contributed by atoms with Gasteiger partial charge in [-0.2, -0.15) is 0 Å². The van der Waals surface area contributed by atoms with Gasteiger partial charge in [0.1, 0.15) is 5.69 Å². The molecule has 2 aromatic carbocycles. The van der Waals surface area contributed by atoms with Gasteiger partial charge < -0.3 is 20.1 Å². The first kappa shape index (κ1) is 15.7. The maximum absolute atomic E-state index is 12.3. The van der Waals surface area contributed by atoms with Crippen LogP contribution in [0.1, 0.15) is 10.5 Å². The fourth-order valence-corrected chi connectivity index (χ4v) is 3.10. The van der Waals surface area contributed by atoms with Gasteiger partial charge in [0, 0.05) is 27.8 Å². The Kier molecular flexibility index (Phi) is 4.17. The number of halogens is 1. The third-order valence-corrected chi connectivity index (χ3v) is 4.47. The van der Waals surface area contributed by atoms with Crippen molar-refractivity contribution in [2.75, 3.05) is 17.4 Å². The molecular weight excluding hydrogens is 362 g/mol. The van der Waals surface area contributed by atoms with Gasteiger partial charge in [0.2, 0.25) is 6.79 Å². The number of aromatic nitrogens is 1. The number of rotatable bonds is 4. The van der Waals surface area contributed by atoms with Crippen molar-refractivity contribution in [3.8, 4) is 11.5 Å². The Morgan fingerprint density at radius 2 is 1.84 bits per heavy atom. The Morgan fingerprint density at radius 3 is 2.68 bits per heavy atom. The first-order valence-corrected chi connectivity index (χ1v) is 8.62. The van der Waals surface area contributed by atoms with Crippen molar-refractivity contribution in [1.82, 2.24) is 4.98 Å². The largest absolute Gasteiger partial charge is 0.454 e. The predicted octanol–water partition coefficient (Wildman–Crippen LogP) is 4.52. The molecule has 0 spiro atoms. The van der Waals surface area contributed by atoms with Crippen LogP contribution in [0.2, 0.25) is 5.02 Å². The highest BCUT2D eigenvalue weighted by molar-refractivity contribution is 7.14. The quantitative estimate of drug-likeness (QED) is 0.703. The molecule has 6 nitrogen and oxygen atoms in total. The van der Waals surface area contributed by atoms with Crippen LogP contribution in [0.3, 0.4) is 0 Å². The van der Waals surface area contributed by atoms with Crippen LogP contribution in [0.15, 0.2) is 47.8 Å². The molecule has 1 aliphatic heterocycles. The molecule has 1 amide bonds. The lowest BCUT2D eigenvalue weighted by atomic mass is 10.3. The van der Waals surface area contributed by atoms with Crippen LogP contribution in [-0.2, 0) is 0 Å². The van der Waals surface area contributed by atoms with E-state index in [0.717, 1.165) is 5.69 Å². The van der Waals surface area contributed by atoms with Crippen LogP contribution in [0.4, 0.5) is 16.5 Å². The fourth-order valence-electron chi connectivity index (χ4n) is 2.26. The van der Waals surface area contributed by atoms with Crippen molar-refractivity contribution < 1.29 is 14.3 Å². The van der Waals surface area contributed by atoms with Crippen LogP contribution >= 0.6 is 22.9 Å². The summed E-state index contributed by atoms with van der Waals surface area (Å²) in [6, 6.07) is 12.4. The van der Waals surface area contributed by atoms with Gasteiger partial charge in [-0.1, -0.05) is 11.6 Å². The molecule has 0 bridgehead atoms. The lowest BCUT2D eigenvalue weighted by Gasteiger charge is -2.04. The number of nitrogens with one attached hydrogen (secondary N) is 2. The normalized spacial score (nSPS) is 12.0. The summed E-state index contributed by atoms with van der Waals surface area (Å²) >= 11 is 7.18. The van der Waals surface area contributed by atoms with Crippen molar-refractivity contribution in [2.24, 2.45) is 0 Å². The van der Waals surface area contributed by atoms with E-state index in [9.17, 15) is 4.79 Å². The molecule has 8 heteroatoms. The predicted molar refractivity (Wildman–Crippen MR) is 97.4 cm³/mol. The highest BCUT2D eigenvalue weighted by Crippen LogP contribution is 2.35. The molecule has 0 saturated carbocycles. The third kappa shape index (κ3) is 3.52. The van der Waals surface area contributed by atoms with E-state index in [2.05, 4.69) is 15.6 Å². The van der Waals surface area contributed by atoms with Crippen LogP contribution in [0.5, 0.6) is 11.5 Å². The second-order valence-corrected chi connectivity index (χ2v) is 6.49. The van der Waals surface area contributed by atoms with E-state index in [1.54, 1.807) is 29.6 Å². The van der Waals surface area contributed by atoms with E-state index in [4.69, 9.17) is 21.1 Å². The van der Waals surface area contributed by atoms with Gasteiger partial charge in [-0.25, -0.2) is 4.98 Å². The Balaban J connectivity index is 1.44. The summed E-state index contributed by atoms with van der Waals surface area (Å²) in [5, 5.41) is 8.85. The molecule has 0 atom stereocenters. The molecule has 0 saturated heterocycles. The highest BCUT2D eigenvalue weighted by Gasteiger charge is 2.15. The molecule has 1 aliphatic rings. The first-order chi connectivity index (χ1) is 12.2. The summed E-state index contributed by atoms with van der Waals surface area (Å²) < 4.78 is 10.6. The molecule has 0 unspecified atom stereocenters. The zero-order valence-electron chi connectivity index (χ0n) is 12.8. The molecule has 2 N–H and O–H groups in total. The number of hydrogen-bond donors (Lipinski definition) is 2. The number of fused-ring (bicyclic) bond motifs is 1. The van der Waals surface area contributed by atoms with E-state index >= 15 is 0 Å². The molecule has 0 fully saturated rings. The first-order valence-electron chi connectivity index (χ1n) is 7.36. The van der Waals surface area contributed by atoms with Gasteiger partial charge in [-0.3, -0.25) is 4.79 Å². The van der Waals surface area contributed by atoms with E-state index in [1.807, 2.05) is 18.2 Å². The molecular formula is C17H12ClN3O3S. The number of benzene rings is 2. The molecule has 3 aromatic rings. The minimum absolute atomic E-state index is 0.227. The summed E-state index contributed by atoms with van der Waals surface area (Å²) in [6.45, 7) is 0.227. The smallest absolute Gasteiger partial charge is 0.275 e. The summed E-state index contributed by atoms with van der Waals surface area (Å²) in [5.74, 6) is 1.12. The maximum atomic E-state index is 12.3. The Morgan fingerprint density at radius 1 is 1.08 bits per heavy atom. The molecule has 1 aromatic heterocycles. The minimum atomic E-state index is -0.280. The second kappa shape index (κ2) is 6.62.